The number of benzene rings is 1. The molecule has 21 heavy (non-hydrogen) atoms. The first-order valence-corrected chi connectivity index (χ1v) is 9.10. The minimum Gasteiger partial charge on any atom is -0.307 e. The van der Waals surface area contributed by atoms with Gasteiger partial charge in [0, 0.05) is 6.21 Å². The minimum absolute atomic E-state index is 0.354. The van der Waals surface area contributed by atoms with E-state index >= 15 is 0 Å². The molecule has 0 saturated heterocycles. The normalized spacial score (nSPS) is 14.0. The number of aliphatic imine (C=N–C) groups is 1. The molecule has 5 heteroatoms. The summed E-state index contributed by atoms with van der Waals surface area (Å²) < 4.78 is 23.8. The summed E-state index contributed by atoms with van der Waals surface area (Å²) in [5.41, 5.74) is 0.978. The van der Waals surface area contributed by atoms with Crippen LogP contribution in [-0.2, 0) is 13.6 Å². The van der Waals surface area contributed by atoms with E-state index < -0.39 is 13.4 Å². The van der Waals surface area contributed by atoms with Crippen molar-refractivity contribution in [1.82, 2.24) is 0 Å². The fourth-order valence-corrected chi connectivity index (χ4v) is 4.02. The summed E-state index contributed by atoms with van der Waals surface area (Å²) in [6, 6.07) is 9.77. The molecular formula is C16H26NO3P. The Bertz CT molecular complexity index is 464. The third kappa shape index (κ3) is 6.13. The first kappa shape index (κ1) is 18.1. The van der Waals surface area contributed by atoms with Gasteiger partial charge < -0.3 is 9.05 Å². The van der Waals surface area contributed by atoms with Crippen molar-refractivity contribution < 1.29 is 13.6 Å². The fraction of sp³-hybridized carbons (Fsp3) is 0.562. The Morgan fingerprint density at radius 3 is 2.19 bits per heavy atom. The quantitative estimate of drug-likeness (QED) is 0.488. The van der Waals surface area contributed by atoms with Crippen LogP contribution in [0.15, 0.2) is 35.3 Å². The smallest absolute Gasteiger partial charge is 0.307 e. The van der Waals surface area contributed by atoms with Gasteiger partial charge >= 0.3 is 7.60 Å². The third-order valence-corrected chi connectivity index (χ3v) is 5.17. The maximum atomic E-state index is 12.9. The molecule has 0 aliphatic carbocycles. The molecule has 0 fully saturated rings. The Labute approximate surface area is 128 Å². The van der Waals surface area contributed by atoms with Gasteiger partial charge in [-0.1, -0.05) is 44.2 Å². The number of hydrogen-bond acceptors (Lipinski definition) is 4. The lowest BCUT2D eigenvalue weighted by molar-refractivity contribution is 0.209. The average Bonchev–Trinajstić information content (AvgIpc) is 2.44. The Morgan fingerprint density at radius 2 is 1.71 bits per heavy atom. The van der Waals surface area contributed by atoms with Gasteiger partial charge in [0.1, 0.15) is 0 Å². The van der Waals surface area contributed by atoms with Gasteiger partial charge in [0.15, 0.2) is 5.78 Å². The lowest BCUT2D eigenvalue weighted by Crippen LogP contribution is -2.14. The van der Waals surface area contributed by atoms with E-state index in [1.807, 2.05) is 44.2 Å². The molecule has 0 amide bonds. The second kappa shape index (κ2) is 9.14. The van der Waals surface area contributed by atoms with E-state index in [0.29, 0.717) is 25.6 Å². The standard InChI is InChI=1S/C16H26NO3P/c1-5-19-21(18,20-6-2)16(12-14(3)4)17-13-15-10-8-7-9-11-15/h7-11,13-14,16H,5-6,12H2,1-4H3/b17-13+. The second-order valence-electron chi connectivity index (χ2n) is 5.17. The molecule has 0 aromatic heterocycles. The van der Waals surface area contributed by atoms with Crippen molar-refractivity contribution >= 4 is 13.8 Å². The molecule has 1 unspecified atom stereocenters. The van der Waals surface area contributed by atoms with Crippen molar-refractivity contribution in [3.05, 3.63) is 35.9 Å². The molecule has 4 nitrogen and oxygen atoms in total. The summed E-state index contributed by atoms with van der Waals surface area (Å²) in [6.07, 6.45) is 2.42. The monoisotopic (exact) mass is 311 g/mol. The lowest BCUT2D eigenvalue weighted by atomic mass is 10.1. The van der Waals surface area contributed by atoms with E-state index in [-0.39, 0.29) is 0 Å². The van der Waals surface area contributed by atoms with E-state index in [1.54, 1.807) is 6.21 Å². The van der Waals surface area contributed by atoms with Gasteiger partial charge in [0.25, 0.3) is 0 Å². The Morgan fingerprint density at radius 1 is 1.14 bits per heavy atom. The van der Waals surface area contributed by atoms with Gasteiger partial charge in [-0.3, -0.25) is 9.56 Å². The van der Waals surface area contributed by atoms with Crippen LogP contribution in [0.3, 0.4) is 0 Å². The van der Waals surface area contributed by atoms with Crippen molar-refractivity contribution in [2.45, 2.75) is 39.9 Å². The van der Waals surface area contributed by atoms with Gasteiger partial charge in [0.2, 0.25) is 0 Å². The number of hydrogen-bond donors (Lipinski definition) is 0. The molecule has 1 aromatic carbocycles. The zero-order chi connectivity index (χ0) is 15.7. The van der Waals surface area contributed by atoms with Crippen LogP contribution < -0.4 is 0 Å². The van der Waals surface area contributed by atoms with E-state index in [9.17, 15) is 4.57 Å². The summed E-state index contributed by atoms with van der Waals surface area (Å²) in [5.74, 6) is -0.102. The summed E-state index contributed by atoms with van der Waals surface area (Å²) in [5, 5.41) is 0. The number of nitrogens with zero attached hydrogens (tertiary/aromatic N) is 1. The Balaban J connectivity index is 2.98. The molecule has 0 spiro atoms. The maximum Gasteiger partial charge on any atom is 0.354 e. The second-order valence-corrected chi connectivity index (χ2v) is 7.37. The lowest BCUT2D eigenvalue weighted by Gasteiger charge is -2.24. The SMILES string of the molecule is CCOP(=O)(OCC)C(CC(C)C)/N=C/c1ccccc1. The van der Waals surface area contributed by atoms with E-state index in [0.717, 1.165) is 5.56 Å². The molecule has 0 bridgehead atoms. The highest BCUT2D eigenvalue weighted by Crippen LogP contribution is 2.55. The predicted octanol–water partition coefficient (Wildman–Crippen LogP) is 4.74. The molecule has 1 atom stereocenters. The van der Waals surface area contributed by atoms with Gasteiger partial charge in [-0.2, -0.15) is 0 Å². The molecule has 1 aromatic rings. The van der Waals surface area contributed by atoms with Crippen molar-refractivity contribution in [3.8, 4) is 0 Å². The molecular weight excluding hydrogens is 285 g/mol. The highest BCUT2D eigenvalue weighted by molar-refractivity contribution is 7.54. The first-order valence-electron chi connectivity index (χ1n) is 7.48. The van der Waals surface area contributed by atoms with Crippen molar-refractivity contribution in [2.24, 2.45) is 10.9 Å². The minimum atomic E-state index is -3.22. The zero-order valence-electron chi connectivity index (χ0n) is 13.4. The van der Waals surface area contributed by atoms with Crippen LogP contribution in [0.4, 0.5) is 0 Å². The molecule has 118 valence electrons. The van der Waals surface area contributed by atoms with Gasteiger partial charge in [-0.15, -0.1) is 0 Å². The van der Waals surface area contributed by atoms with E-state index in [1.165, 1.54) is 0 Å². The van der Waals surface area contributed by atoms with E-state index in [2.05, 4.69) is 18.8 Å². The summed E-state index contributed by atoms with van der Waals surface area (Å²) in [7, 11) is -3.22. The third-order valence-electron chi connectivity index (χ3n) is 2.86. The highest BCUT2D eigenvalue weighted by atomic mass is 31.2. The first-order chi connectivity index (χ1) is 10.0. The van der Waals surface area contributed by atoms with Crippen molar-refractivity contribution in [1.29, 1.82) is 0 Å². The van der Waals surface area contributed by atoms with E-state index in [4.69, 9.17) is 9.05 Å². The largest absolute Gasteiger partial charge is 0.354 e. The van der Waals surface area contributed by atoms with Crippen molar-refractivity contribution in [3.63, 3.8) is 0 Å². The molecule has 0 radical (unpaired) electrons. The van der Waals surface area contributed by atoms with Crippen LogP contribution in [0, 0.1) is 5.92 Å². The van der Waals surface area contributed by atoms with Crippen LogP contribution in [0.25, 0.3) is 0 Å². The topological polar surface area (TPSA) is 47.9 Å². The molecule has 0 N–H and O–H groups in total. The molecule has 0 heterocycles. The van der Waals surface area contributed by atoms with Crippen LogP contribution in [0.2, 0.25) is 0 Å². The molecule has 0 aliphatic heterocycles. The van der Waals surface area contributed by atoms with Crippen LogP contribution in [-0.4, -0.2) is 25.2 Å². The van der Waals surface area contributed by atoms with Gasteiger partial charge in [-0.25, -0.2) is 0 Å². The zero-order valence-corrected chi connectivity index (χ0v) is 14.3. The van der Waals surface area contributed by atoms with Gasteiger partial charge in [0.05, 0.1) is 13.2 Å². The summed E-state index contributed by atoms with van der Waals surface area (Å²) in [4.78, 5) is 4.51. The van der Waals surface area contributed by atoms with Crippen LogP contribution in [0.1, 0.15) is 39.7 Å². The summed E-state index contributed by atoms with van der Waals surface area (Å²) in [6.45, 7) is 8.50. The molecule has 0 saturated carbocycles. The highest BCUT2D eigenvalue weighted by Gasteiger charge is 2.35. The molecule has 0 aliphatic rings. The Hall–Kier alpha value is -0.960. The Kier molecular flexibility index (Phi) is 7.87. The van der Waals surface area contributed by atoms with Crippen LogP contribution >= 0.6 is 7.60 Å². The number of rotatable bonds is 9. The predicted molar refractivity (Wildman–Crippen MR) is 88.1 cm³/mol. The fourth-order valence-electron chi connectivity index (χ4n) is 1.97. The average molecular weight is 311 g/mol. The maximum absolute atomic E-state index is 12.9. The van der Waals surface area contributed by atoms with Crippen LogP contribution in [0.5, 0.6) is 0 Å². The molecule has 1 rings (SSSR count). The van der Waals surface area contributed by atoms with Crippen molar-refractivity contribution in [2.75, 3.05) is 13.2 Å². The summed E-state index contributed by atoms with van der Waals surface area (Å²) >= 11 is 0. The van der Waals surface area contributed by atoms with Gasteiger partial charge in [-0.05, 0) is 31.7 Å².